The van der Waals surface area contributed by atoms with Gasteiger partial charge in [-0.25, -0.2) is 0 Å². The largest absolute Gasteiger partial charge is 0.469 e. The van der Waals surface area contributed by atoms with Crippen molar-refractivity contribution in [2.24, 2.45) is 5.92 Å². The highest BCUT2D eigenvalue weighted by atomic mass is 16.5. The van der Waals surface area contributed by atoms with Crippen molar-refractivity contribution in [3.8, 4) is 0 Å². The predicted molar refractivity (Wildman–Crippen MR) is 148 cm³/mol. The normalized spacial score (nSPS) is 32.7. The number of nitrogens with one attached hydrogen (secondary N) is 1. The molecule has 0 bridgehead atoms. The van der Waals surface area contributed by atoms with Crippen molar-refractivity contribution in [3.05, 3.63) is 36.0 Å². The third-order valence-electron chi connectivity index (χ3n) is 7.43. The lowest BCUT2D eigenvalue weighted by atomic mass is 9.87. The zero-order valence-electron chi connectivity index (χ0n) is 24.7. The van der Waals surface area contributed by atoms with Crippen LogP contribution in [0.3, 0.4) is 0 Å². The molecule has 39 heavy (non-hydrogen) atoms. The van der Waals surface area contributed by atoms with Crippen molar-refractivity contribution >= 4 is 17.8 Å². The molecule has 0 radical (unpaired) electrons. The van der Waals surface area contributed by atoms with Crippen LogP contribution in [0.25, 0.3) is 0 Å². The Morgan fingerprint density at radius 1 is 1.10 bits per heavy atom. The van der Waals surface area contributed by atoms with Crippen LogP contribution in [0.5, 0.6) is 0 Å². The van der Waals surface area contributed by atoms with Gasteiger partial charge in [0.2, 0.25) is 5.91 Å². The minimum Gasteiger partial charge on any atom is -0.469 e. The first-order valence-electron chi connectivity index (χ1n) is 13.8. The minimum atomic E-state index is -0.462. The second-order valence-corrected chi connectivity index (χ2v) is 11.1. The van der Waals surface area contributed by atoms with E-state index in [9.17, 15) is 14.4 Å². The molecular formula is C30H47NO8. The maximum Gasteiger partial charge on any atom is 0.308 e. The molecule has 2 heterocycles. The molecule has 2 fully saturated rings. The fourth-order valence-corrected chi connectivity index (χ4v) is 5.10. The topological polar surface area (TPSA) is 109 Å². The smallest absolute Gasteiger partial charge is 0.308 e. The third-order valence-corrected chi connectivity index (χ3v) is 7.43. The molecule has 0 saturated carbocycles. The van der Waals surface area contributed by atoms with Gasteiger partial charge in [0.05, 0.1) is 49.6 Å². The molecule has 2 saturated heterocycles. The van der Waals surface area contributed by atoms with Gasteiger partial charge in [0.25, 0.3) is 0 Å². The van der Waals surface area contributed by atoms with E-state index in [1.54, 1.807) is 20.1 Å². The number of hydrogen-bond donors (Lipinski definition) is 1. The Kier molecular flexibility index (Phi) is 12.9. The van der Waals surface area contributed by atoms with E-state index >= 15 is 0 Å². The quantitative estimate of drug-likeness (QED) is 0.232. The molecule has 220 valence electrons. The number of ether oxygens (including phenoxy) is 5. The number of methoxy groups -OCH3 is 2. The summed E-state index contributed by atoms with van der Waals surface area (Å²) in [5.41, 5.74) is 0.728. The van der Waals surface area contributed by atoms with Gasteiger partial charge < -0.3 is 29.0 Å². The Balaban J connectivity index is 1.89. The second kappa shape index (κ2) is 15.3. The Hall–Kier alpha value is -2.49. The number of hydrogen-bond acceptors (Lipinski definition) is 8. The second-order valence-electron chi connectivity index (χ2n) is 11.1. The van der Waals surface area contributed by atoms with E-state index in [0.717, 1.165) is 18.4 Å². The van der Waals surface area contributed by atoms with E-state index in [2.05, 4.69) is 18.3 Å². The number of carbonyl (C=O) groups is 3. The van der Waals surface area contributed by atoms with Crippen LogP contribution < -0.4 is 5.32 Å². The minimum absolute atomic E-state index is 0.0446. The van der Waals surface area contributed by atoms with E-state index in [0.29, 0.717) is 12.8 Å². The molecule has 9 heteroatoms. The standard InChI is InChI=1S/C30H47NO8/c1-19(9-12-24-17-30(6,36-8)18-25(39-24)16-29(34)35-7)10-13-27-20(2)15-26(22(4)38-27)31-28(33)14-11-21(3)37-23(5)32/h9-12,14,20-22,24-27H,13,15-18H2,1-8H3,(H,31,33)/b12-9+,14-11-,19-10+/t20?,21?,22?,24?,25-,26?,27?,30?/m1/s1. The van der Waals surface area contributed by atoms with Crippen LogP contribution in [-0.4, -0.2) is 74.2 Å². The number of amides is 1. The summed E-state index contributed by atoms with van der Waals surface area (Å²) < 4.78 is 28.0. The highest BCUT2D eigenvalue weighted by Gasteiger charge is 2.38. The van der Waals surface area contributed by atoms with Gasteiger partial charge >= 0.3 is 11.9 Å². The van der Waals surface area contributed by atoms with E-state index in [4.69, 9.17) is 23.7 Å². The average molecular weight is 550 g/mol. The van der Waals surface area contributed by atoms with Gasteiger partial charge in [-0.3, -0.25) is 14.4 Å². The summed E-state index contributed by atoms with van der Waals surface area (Å²) in [6, 6.07) is -0.0983. The van der Waals surface area contributed by atoms with Crippen LogP contribution in [0.4, 0.5) is 0 Å². The van der Waals surface area contributed by atoms with Gasteiger partial charge in [0.1, 0.15) is 6.10 Å². The van der Waals surface area contributed by atoms with E-state index < -0.39 is 6.10 Å². The lowest BCUT2D eigenvalue weighted by Gasteiger charge is -2.40. The van der Waals surface area contributed by atoms with Gasteiger partial charge in [-0.15, -0.1) is 0 Å². The van der Waals surface area contributed by atoms with Crippen LogP contribution >= 0.6 is 0 Å². The van der Waals surface area contributed by atoms with Gasteiger partial charge in [-0.1, -0.05) is 30.7 Å². The molecule has 1 N–H and O–H groups in total. The SMILES string of the molecule is COC(=O)C[C@@H]1CC(C)(OC)CC(/C=C/C(C)=C/CC2OC(C)C(NC(=O)/C=C\C(C)OC(C)=O)CC2C)O1. The number of rotatable bonds is 11. The third kappa shape index (κ3) is 11.3. The molecule has 7 unspecified atom stereocenters. The Morgan fingerprint density at radius 2 is 1.82 bits per heavy atom. The van der Waals surface area contributed by atoms with E-state index in [1.807, 2.05) is 32.9 Å². The molecule has 1 amide bonds. The van der Waals surface area contributed by atoms with E-state index in [-0.39, 0.29) is 66.2 Å². The maximum atomic E-state index is 12.3. The fraction of sp³-hybridized carbons (Fsp3) is 0.700. The number of carbonyl (C=O) groups excluding carboxylic acids is 3. The molecule has 0 aromatic heterocycles. The molecule has 2 aliphatic rings. The molecule has 0 spiro atoms. The first-order valence-corrected chi connectivity index (χ1v) is 13.8. The summed E-state index contributed by atoms with van der Waals surface area (Å²) in [6.45, 7) is 11.2. The Bertz CT molecular complexity index is 928. The summed E-state index contributed by atoms with van der Waals surface area (Å²) in [6.07, 6.45) is 11.3. The molecule has 2 aliphatic heterocycles. The predicted octanol–water partition coefficient (Wildman–Crippen LogP) is 4.20. The summed E-state index contributed by atoms with van der Waals surface area (Å²) in [5, 5.41) is 3.01. The molecular weight excluding hydrogens is 502 g/mol. The van der Waals surface area contributed by atoms with E-state index in [1.165, 1.54) is 20.1 Å². The lowest BCUT2D eigenvalue weighted by molar-refractivity contribution is -0.158. The van der Waals surface area contributed by atoms with Crippen LogP contribution in [-0.2, 0) is 38.1 Å². The van der Waals surface area contributed by atoms with Crippen molar-refractivity contribution in [3.63, 3.8) is 0 Å². The van der Waals surface area contributed by atoms with Gasteiger partial charge in [-0.05, 0) is 52.5 Å². The van der Waals surface area contributed by atoms with Crippen LogP contribution in [0.2, 0.25) is 0 Å². The van der Waals surface area contributed by atoms with Crippen LogP contribution in [0.1, 0.15) is 73.6 Å². The summed E-state index contributed by atoms with van der Waals surface area (Å²) >= 11 is 0. The van der Waals surface area contributed by atoms with Crippen molar-refractivity contribution in [2.75, 3.05) is 14.2 Å². The van der Waals surface area contributed by atoms with Crippen LogP contribution in [0.15, 0.2) is 36.0 Å². The average Bonchev–Trinajstić information content (AvgIpc) is 2.86. The fourth-order valence-electron chi connectivity index (χ4n) is 5.10. The monoisotopic (exact) mass is 549 g/mol. The van der Waals surface area contributed by atoms with Gasteiger partial charge in [-0.2, -0.15) is 0 Å². The maximum absolute atomic E-state index is 12.3. The molecule has 0 aliphatic carbocycles. The Labute approximate surface area is 233 Å². The first kappa shape index (κ1) is 32.7. The molecule has 2 rings (SSSR count). The van der Waals surface area contributed by atoms with Crippen molar-refractivity contribution in [1.82, 2.24) is 5.32 Å². The summed E-state index contributed by atoms with van der Waals surface area (Å²) in [7, 11) is 3.08. The zero-order chi connectivity index (χ0) is 29.2. The highest BCUT2D eigenvalue weighted by molar-refractivity contribution is 5.87. The van der Waals surface area contributed by atoms with Crippen molar-refractivity contribution < 1.29 is 38.1 Å². The molecule has 9 nitrogen and oxygen atoms in total. The first-order chi connectivity index (χ1) is 18.3. The molecule has 0 aromatic rings. The summed E-state index contributed by atoms with van der Waals surface area (Å²) in [5.74, 6) is -0.653. The number of esters is 2. The van der Waals surface area contributed by atoms with Crippen molar-refractivity contribution in [1.29, 1.82) is 0 Å². The summed E-state index contributed by atoms with van der Waals surface area (Å²) in [4.78, 5) is 35.1. The lowest BCUT2D eigenvalue weighted by Crippen LogP contribution is -2.50. The molecule has 0 aromatic carbocycles. The van der Waals surface area contributed by atoms with Gasteiger partial charge in [0, 0.05) is 33.0 Å². The van der Waals surface area contributed by atoms with Gasteiger partial charge in [0.15, 0.2) is 0 Å². The highest BCUT2D eigenvalue weighted by Crippen LogP contribution is 2.34. The molecule has 8 atom stereocenters. The van der Waals surface area contributed by atoms with Crippen molar-refractivity contribution in [2.45, 2.75) is 116 Å². The van der Waals surface area contributed by atoms with Crippen LogP contribution in [0, 0.1) is 5.92 Å². The Morgan fingerprint density at radius 3 is 2.46 bits per heavy atom. The zero-order valence-corrected chi connectivity index (χ0v) is 24.7. The number of allylic oxidation sites excluding steroid dienone is 2.